The largest absolute Gasteiger partial charge is 0.481 e. The van der Waals surface area contributed by atoms with Crippen LogP contribution in [0.4, 0.5) is 4.39 Å². The molecule has 0 amide bonds. The lowest BCUT2D eigenvalue weighted by Gasteiger charge is -2.24. The van der Waals surface area contributed by atoms with Gasteiger partial charge in [-0.1, -0.05) is 12.1 Å². The number of halogens is 2. The number of carboxylic acids is 1. The number of carboxylic acid groups (broad SMARTS) is 1. The molecule has 0 bridgehead atoms. The molecule has 1 aliphatic rings. The van der Waals surface area contributed by atoms with Crippen molar-refractivity contribution in [1.82, 2.24) is 5.32 Å². The molecule has 0 aliphatic carbocycles. The highest BCUT2D eigenvalue weighted by atomic mass is 79.9. The lowest BCUT2D eigenvalue weighted by molar-refractivity contribution is -0.143. The summed E-state index contributed by atoms with van der Waals surface area (Å²) in [5, 5.41) is 12.3. The third-order valence-electron chi connectivity index (χ3n) is 3.03. The van der Waals surface area contributed by atoms with Crippen molar-refractivity contribution in [3.05, 3.63) is 34.1 Å². The van der Waals surface area contributed by atoms with Crippen molar-refractivity contribution in [2.45, 2.75) is 11.8 Å². The highest BCUT2D eigenvalue weighted by molar-refractivity contribution is 9.10. The average molecular weight is 288 g/mol. The average Bonchev–Trinajstić information content (AvgIpc) is 2.72. The minimum atomic E-state index is -1.13. The normalized spacial score (nSPS) is 24.6. The molecule has 0 spiro atoms. The zero-order valence-corrected chi connectivity index (χ0v) is 10.1. The Morgan fingerprint density at radius 1 is 1.56 bits per heavy atom. The summed E-state index contributed by atoms with van der Waals surface area (Å²) < 4.78 is 14.2. The van der Waals surface area contributed by atoms with E-state index in [2.05, 4.69) is 21.2 Å². The molecule has 1 saturated heterocycles. The topological polar surface area (TPSA) is 49.3 Å². The van der Waals surface area contributed by atoms with Crippen molar-refractivity contribution < 1.29 is 14.3 Å². The van der Waals surface area contributed by atoms with Crippen molar-refractivity contribution in [2.24, 2.45) is 0 Å². The van der Waals surface area contributed by atoms with Crippen LogP contribution in [0.3, 0.4) is 0 Å². The summed E-state index contributed by atoms with van der Waals surface area (Å²) in [4.78, 5) is 11.4. The first-order valence-corrected chi connectivity index (χ1v) is 5.76. The fraction of sp³-hybridized carbons (Fsp3) is 0.364. The molecule has 0 saturated carbocycles. The van der Waals surface area contributed by atoms with Crippen molar-refractivity contribution in [3.63, 3.8) is 0 Å². The first-order chi connectivity index (χ1) is 7.58. The fourth-order valence-corrected chi connectivity index (χ4v) is 2.46. The van der Waals surface area contributed by atoms with E-state index in [0.29, 0.717) is 17.4 Å². The predicted octanol–water partition coefficient (Wildman–Crippen LogP) is 1.90. The Labute approximate surface area is 101 Å². The molecule has 1 aliphatic heterocycles. The first kappa shape index (κ1) is 11.5. The molecule has 1 fully saturated rings. The molecule has 2 N–H and O–H groups in total. The summed E-state index contributed by atoms with van der Waals surface area (Å²) >= 11 is 3.08. The van der Waals surface area contributed by atoms with Gasteiger partial charge in [0.25, 0.3) is 0 Å². The lowest BCUT2D eigenvalue weighted by atomic mass is 9.79. The van der Waals surface area contributed by atoms with Crippen LogP contribution in [-0.4, -0.2) is 24.2 Å². The van der Waals surface area contributed by atoms with Crippen LogP contribution >= 0.6 is 15.9 Å². The Morgan fingerprint density at radius 3 is 2.88 bits per heavy atom. The highest BCUT2D eigenvalue weighted by Gasteiger charge is 2.45. The predicted molar refractivity (Wildman–Crippen MR) is 60.9 cm³/mol. The minimum absolute atomic E-state index is 0.249. The van der Waals surface area contributed by atoms with Crippen molar-refractivity contribution >= 4 is 21.9 Å². The second-order valence-corrected chi connectivity index (χ2v) is 4.77. The van der Waals surface area contributed by atoms with Gasteiger partial charge in [-0.25, -0.2) is 4.39 Å². The molecule has 1 aromatic carbocycles. The fourth-order valence-electron chi connectivity index (χ4n) is 2.09. The van der Waals surface area contributed by atoms with Crippen molar-refractivity contribution in [2.75, 3.05) is 13.1 Å². The van der Waals surface area contributed by atoms with Crippen LogP contribution in [0.1, 0.15) is 12.0 Å². The number of hydrogen-bond donors (Lipinski definition) is 2. The second-order valence-electron chi connectivity index (χ2n) is 3.92. The van der Waals surface area contributed by atoms with E-state index in [4.69, 9.17) is 0 Å². The van der Waals surface area contributed by atoms with Crippen LogP contribution in [-0.2, 0) is 10.2 Å². The quantitative estimate of drug-likeness (QED) is 0.874. The van der Waals surface area contributed by atoms with Crippen LogP contribution in [0.2, 0.25) is 0 Å². The van der Waals surface area contributed by atoms with Gasteiger partial charge in [-0.2, -0.15) is 0 Å². The summed E-state index contributed by atoms with van der Waals surface area (Å²) in [5.41, 5.74) is -0.882. The maximum absolute atomic E-state index is 13.9. The number of aliphatic carboxylic acids is 1. The number of hydrogen-bond acceptors (Lipinski definition) is 2. The standard InChI is InChI=1S/C11H11BrFNO2/c12-8-3-1-2-7(9(8)13)11(10(15)16)4-5-14-6-11/h1-3,14H,4-6H2,(H,15,16). The van der Waals surface area contributed by atoms with E-state index < -0.39 is 17.2 Å². The van der Waals surface area contributed by atoms with Gasteiger partial charge in [0.2, 0.25) is 0 Å². The van der Waals surface area contributed by atoms with E-state index in [1.807, 2.05) is 0 Å². The summed E-state index contributed by atoms with van der Waals surface area (Å²) in [6, 6.07) is 4.77. The summed E-state index contributed by atoms with van der Waals surface area (Å²) in [6.07, 6.45) is 0.412. The van der Waals surface area contributed by atoms with Gasteiger partial charge in [0.05, 0.1) is 4.47 Å². The number of benzene rings is 1. The van der Waals surface area contributed by atoms with E-state index in [0.717, 1.165) is 0 Å². The Morgan fingerprint density at radius 2 is 2.31 bits per heavy atom. The molecule has 86 valence electrons. The van der Waals surface area contributed by atoms with Gasteiger partial charge < -0.3 is 10.4 Å². The van der Waals surface area contributed by atoms with E-state index in [9.17, 15) is 14.3 Å². The van der Waals surface area contributed by atoms with Gasteiger partial charge in [0, 0.05) is 12.1 Å². The van der Waals surface area contributed by atoms with Gasteiger partial charge in [-0.05, 0) is 35.0 Å². The van der Waals surface area contributed by atoms with Crippen molar-refractivity contribution in [3.8, 4) is 0 Å². The van der Waals surface area contributed by atoms with Gasteiger partial charge in [-0.3, -0.25) is 4.79 Å². The summed E-state index contributed by atoms with van der Waals surface area (Å²) in [7, 11) is 0. The molecule has 2 rings (SSSR count). The number of carbonyl (C=O) groups is 1. The smallest absolute Gasteiger partial charge is 0.315 e. The van der Waals surface area contributed by atoms with Crippen molar-refractivity contribution in [1.29, 1.82) is 0 Å². The molecule has 3 nitrogen and oxygen atoms in total. The van der Waals surface area contributed by atoms with Gasteiger partial charge in [-0.15, -0.1) is 0 Å². The first-order valence-electron chi connectivity index (χ1n) is 4.96. The van der Waals surface area contributed by atoms with Gasteiger partial charge in [0.1, 0.15) is 11.2 Å². The van der Waals surface area contributed by atoms with E-state index in [-0.39, 0.29) is 12.1 Å². The van der Waals surface area contributed by atoms with Crippen LogP contribution in [0.25, 0.3) is 0 Å². The summed E-state index contributed by atoms with van der Waals surface area (Å²) in [6.45, 7) is 0.869. The molecular weight excluding hydrogens is 277 g/mol. The third-order valence-corrected chi connectivity index (χ3v) is 3.64. The lowest BCUT2D eigenvalue weighted by Crippen LogP contribution is -2.38. The SMILES string of the molecule is O=C(O)C1(c2cccc(Br)c2F)CCNC1. The third kappa shape index (κ3) is 1.64. The van der Waals surface area contributed by atoms with E-state index in [1.54, 1.807) is 18.2 Å². The molecule has 1 heterocycles. The van der Waals surface area contributed by atoms with Crippen LogP contribution < -0.4 is 5.32 Å². The Hall–Kier alpha value is -0.940. The minimum Gasteiger partial charge on any atom is -0.481 e. The molecule has 5 heteroatoms. The van der Waals surface area contributed by atoms with E-state index in [1.165, 1.54) is 0 Å². The van der Waals surface area contributed by atoms with Crippen LogP contribution in [0.15, 0.2) is 22.7 Å². The highest BCUT2D eigenvalue weighted by Crippen LogP contribution is 2.35. The molecule has 1 atom stereocenters. The maximum atomic E-state index is 13.9. The second kappa shape index (κ2) is 4.14. The van der Waals surface area contributed by atoms with Gasteiger partial charge >= 0.3 is 5.97 Å². The summed E-state index contributed by atoms with van der Waals surface area (Å²) in [5.74, 6) is -1.46. The molecule has 1 unspecified atom stereocenters. The maximum Gasteiger partial charge on any atom is 0.315 e. The Bertz CT molecular complexity index is 430. The van der Waals surface area contributed by atoms with Crippen LogP contribution in [0.5, 0.6) is 0 Å². The molecule has 0 aromatic heterocycles. The molecule has 16 heavy (non-hydrogen) atoms. The Balaban J connectivity index is 2.56. The monoisotopic (exact) mass is 287 g/mol. The van der Waals surface area contributed by atoms with Crippen LogP contribution in [0, 0.1) is 5.82 Å². The molecular formula is C11H11BrFNO2. The zero-order valence-electron chi connectivity index (χ0n) is 8.46. The van der Waals surface area contributed by atoms with Gasteiger partial charge in [0.15, 0.2) is 0 Å². The molecule has 0 radical (unpaired) electrons. The Kier molecular flexibility index (Phi) is 2.99. The number of nitrogens with one attached hydrogen (secondary N) is 1. The molecule has 1 aromatic rings. The number of rotatable bonds is 2. The van der Waals surface area contributed by atoms with E-state index >= 15 is 0 Å². The zero-order chi connectivity index (χ0) is 11.8.